The molecule has 0 aromatic rings. The van der Waals surface area contributed by atoms with E-state index in [4.69, 9.17) is 0 Å². The van der Waals surface area contributed by atoms with Crippen LogP contribution in [0.5, 0.6) is 0 Å². The van der Waals surface area contributed by atoms with Gasteiger partial charge in [0, 0.05) is 5.57 Å². The van der Waals surface area contributed by atoms with Crippen LogP contribution in [0.4, 0.5) is 0 Å². The first kappa shape index (κ1) is 8.05. The van der Waals surface area contributed by atoms with Crippen LogP contribution < -0.4 is 0 Å². The summed E-state index contributed by atoms with van der Waals surface area (Å²) in [6.07, 6.45) is 6.70. The Labute approximate surface area is 66.5 Å². The van der Waals surface area contributed by atoms with Crippen LogP contribution in [0, 0.1) is 5.92 Å². The van der Waals surface area contributed by atoms with Crippen molar-refractivity contribution in [3.05, 3.63) is 23.8 Å². The van der Waals surface area contributed by atoms with Crippen LogP contribution in [0.2, 0.25) is 0 Å². The van der Waals surface area contributed by atoms with Gasteiger partial charge in [-0.25, -0.2) is 4.79 Å². The average Bonchev–Trinajstić information content (AvgIpc) is 2.04. The van der Waals surface area contributed by atoms with Crippen molar-refractivity contribution in [1.29, 1.82) is 0 Å². The molecule has 0 fully saturated rings. The van der Waals surface area contributed by atoms with Gasteiger partial charge in [-0.2, -0.15) is 0 Å². The molecule has 11 heavy (non-hydrogen) atoms. The molecule has 1 atom stereocenters. The lowest BCUT2D eigenvalue weighted by Gasteiger charge is -2.13. The molecule has 0 saturated heterocycles. The lowest BCUT2D eigenvalue weighted by Crippen LogP contribution is -2.13. The number of hydrogen-bond donors (Lipinski definition) is 0. The van der Waals surface area contributed by atoms with Crippen LogP contribution in [0.15, 0.2) is 23.8 Å². The molecule has 0 spiro atoms. The van der Waals surface area contributed by atoms with E-state index in [1.807, 2.05) is 19.1 Å². The smallest absolute Gasteiger partial charge is 0.334 e. The standard InChI is InChI=1S/C9H12O2/c1-7-5-3-4-6-8(7)9(10)11-2/h3-4,6-7H,5H2,1-2H3/t7-/m0/s1. The molecule has 1 aliphatic rings. The highest BCUT2D eigenvalue weighted by atomic mass is 16.5. The van der Waals surface area contributed by atoms with Gasteiger partial charge in [0.1, 0.15) is 0 Å². The molecule has 1 aliphatic carbocycles. The van der Waals surface area contributed by atoms with Crippen molar-refractivity contribution in [1.82, 2.24) is 0 Å². The zero-order valence-electron chi connectivity index (χ0n) is 6.83. The number of carbonyl (C=O) groups is 1. The summed E-state index contributed by atoms with van der Waals surface area (Å²) in [5, 5.41) is 0. The Balaban J connectivity index is 2.75. The van der Waals surface area contributed by atoms with Crippen LogP contribution >= 0.6 is 0 Å². The lowest BCUT2D eigenvalue weighted by atomic mass is 9.93. The monoisotopic (exact) mass is 152 g/mol. The van der Waals surface area contributed by atoms with Crippen LogP contribution in [0.25, 0.3) is 0 Å². The Bertz CT molecular complexity index is 214. The minimum Gasteiger partial charge on any atom is -0.466 e. The first-order valence-electron chi connectivity index (χ1n) is 3.70. The zero-order valence-corrected chi connectivity index (χ0v) is 6.83. The third kappa shape index (κ3) is 1.70. The quantitative estimate of drug-likeness (QED) is 0.534. The van der Waals surface area contributed by atoms with Gasteiger partial charge in [-0.15, -0.1) is 0 Å². The van der Waals surface area contributed by atoms with Gasteiger partial charge in [-0.05, 0) is 12.3 Å². The molecule has 1 rings (SSSR count). The zero-order chi connectivity index (χ0) is 8.27. The number of hydrogen-bond acceptors (Lipinski definition) is 2. The third-order valence-corrected chi connectivity index (χ3v) is 1.85. The van der Waals surface area contributed by atoms with Gasteiger partial charge in [0.25, 0.3) is 0 Å². The van der Waals surface area contributed by atoms with Gasteiger partial charge >= 0.3 is 5.97 Å². The molecule has 0 aromatic heterocycles. The molecule has 0 aliphatic heterocycles. The van der Waals surface area contributed by atoms with Crippen LogP contribution in [-0.4, -0.2) is 13.1 Å². The molecule has 0 amide bonds. The van der Waals surface area contributed by atoms with E-state index in [1.165, 1.54) is 7.11 Å². The second-order valence-corrected chi connectivity index (χ2v) is 2.68. The maximum absolute atomic E-state index is 11.1. The van der Waals surface area contributed by atoms with Gasteiger partial charge < -0.3 is 4.74 Å². The second-order valence-electron chi connectivity index (χ2n) is 2.68. The van der Waals surface area contributed by atoms with E-state index >= 15 is 0 Å². The number of ether oxygens (including phenoxy) is 1. The second kappa shape index (κ2) is 3.37. The van der Waals surface area contributed by atoms with E-state index in [0.29, 0.717) is 5.92 Å². The van der Waals surface area contributed by atoms with E-state index in [2.05, 4.69) is 10.8 Å². The average molecular weight is 152 g/mol. The molecule has 0 N–H and O–H groups in total. The van der Waals surface area contributed by atoms with Crippen LogP contribution in [0.1, 0.15) is 13.3 Å². The summed E-state index contributed by atoms with van der Waals surface area (Å²) in [7, 11) is 1.41. The number of allylic oxidation sites excluding steroid dienone is 3. The summed E-state index contributed by atoms with van der Waals surface area (Å²) < 4.78 is 4.62. The topological polar surface area (TPSA) is 26.3 Å². The number of rotatable bonds is 1. The highest BCUT2D eigenvalue weighted by Crippen LogP contribution is 2.20. The third-order valence-electron chi connectivity index (χ3n) is 1.85. The molecule has 0 bridgehead atoms. The maximum atomic E-state index is 11.1. The first-order chi connectivity index (χ1) is 5.25. The fourth-order valence-corrected chi connectivity index (χ4v) is 1.13. The fraction of sp³-hybridized carbons (Fsp3) is 0.444. The van der Waals surface area contributed by atoms with Crippen molar-refractivity contribution < 1.29 is 9.53 Å². The Hall–Kier alpha value is -1.05. The molecule has 0 saturated carbocycles. The minimum absolute atomic E-state index is 0.207. The molecule has 2 nitrogen and oxygen atoms in total. The Kier molecular flexibility index (Phi) is 2.47. The van der Waals surface area contributed by atoms with E-state index in [9.17, 15) is 4.79 Å². The summed E-state index contributed by atoms with van der Waals surface area (Å²) >= 11 is 0. The van der Waals surface area contributed by atoms with Crippen LogP contribution in [-0.2, 0) is 9.53 Å². The van der Waals surface area contributed by atoms with Gasteiger partial charge in [0.2, 0.25) is 0 Å². The molecule has 60 valence electrons. The maximum Gasteiger partial charge on any atom is 0.334 e. The Morgan fingerprint density at radius 2 is 2.45 bits per heavy atom. The van der Waals surface area contributed by atoms with Crippen LogP contribution in [0.3, 0.4) is 0 Å². The SMILES string of the molecule is COC(=O)C1=CC=CC[C@@H]1C. The first-order valence-corrected chi connectivity index (χ1v) is 3.70. The largest absolute Gasteiger partial charge is 0.466 e. The molecular weight excluding hydrogens is 140 g/mol. The van der Waals surface area contributed by atoms with Crippen molar-refractivity contribution in [2.75, 3.05) is 7.11 Å². The van der Waals surface area contributed by atoms with Crippen molar-refractivity contribution in [3.63, 3.8) is 0 Å². The van der Waals surface area contributed by atoms with Gasteiger partial charge in [0.15, 0.2) is 0 Å². The highest BCUT2D eigenvalue weighted by Gasteiger charge is 2.17. The molecular formula is C9H12O2. The van der Waals surface area contributed by atoms with Gasteiger partial charge in [0.05, 0.1) is 7.11 Å². The summed E-state index contributed by atoms with van der Waals surface area (Å²) in [5.41, 5.74) is 0.773. The number of carbonyl (C=O) groups excluding carboxylic acids is 1. The van der Waals surface area contributed by atoms with E-state index in [0.717, 1.165) is 12.0 Å². The summed E-state index contributed by atoms with van der Waals surface area (Å²) in [6.45, 7) is 2.02. The lowest BCUT2D eigenvalue weighted by molar-refractivity contribution is -0.136. The van der Waals surface area contributed by atoms with Crippen molar-refractivity contribution in [2.24, 2.45) is 5.92 Å². The van der Waals surface area contributed by atoms with Crippen molar-refractivity contribution >= 4 is 5.97 Å². The predicted molar refractivity (Wildman–Crippen MR) is 43.0 cm³/mol. The molecule has 0 aromatic carbocycles. The highest BCUT2D eigenvalue weighted by molar-refractivity contribution is 5.89. The summed E-state index contributed by atoms with van der Waals surface area (Å²) in [6, 6.07) is 0. The fourth-order valence-electron chi connectivity index (χ4n) is 1.13. The molecule has 2 heteroatoms. The Morgan fingerprint density at radius 1 is 1.73 bits per heavy atom. The summed E-state index contributed by atoms with van der Waals surface area (Å²) in [4.78, 5) is 11.1. The molecule has 0 radical (unpaired) electrons. The van der Waals surface area contributed by atoms with Gasteiger partial charge in [-0.3, -0.25) is 0 Å². The number of esters is 1. The van der Waals surface area contributed by atoms with E-state index in [-0.39, 0.29) is 5.97 Å². The van der Waals surface area contributed by atoms with Gasteiger partial charge in [-0.1, -0.05) is 25.2 Å². The number of methoxy groups -OCH3 is 1. The normalized spacial score (nSPS) is 22.7. The molecule has 0 heterocycles. The summed E-state index contributed by atoms with van der Waals surface area (Å²) in [5.74, 6) is 0.0919. The van der Waals surface area contributed by atoms with Crippen molar-refractivity contribution in [2.45, 2.75) is 13.3 Å². The van der Waals surface area contributed by atoms with E-state index < -0.39 is 0 Å². The predicted octanol–water partition coefficient (Wildman–Crippen LogP) is 1.68. The Morgan fingerprint density at radius 3 is 3.00 bits per heavy atom. The minimum atomic E-state index is -0.207. The van der Waals surface area contributed by atoms with Crippen molar-refractivity contribution in [3.8, 4) is 0 Å². The van der Waals surface area contributed by atoms with E-state index in [1.54, 1.807) is 0 Å². The molecule has 0 unspecified atom stereocenters.